The van der Waals surface area contributed by atoms with Crippen LogP contribution in [-0.2, 0) is 6.42 Å². The second-order valence-electron chi connectivity index (χ2n) is 7.19. The van der Waals surface area contributed by atoms with E-state index in [4.69, 9.17) is 12.2 Å². The van der Waals surface area contributed by atoms with Crippen LogP contribution in [0.3, 0.4) is 0 Å². The van der Waals surface area contributed by atoms with Gasteiger partial charge in [-0.25, -0.2) is 4.98 Å². The van der Waals surface area contributed by atoms with Crippen LogP contribution >= 0.6 is 23.6 Å². The Balaban J connectivity index is 1.54. The van der Waals surface area contributed by atoms with E-state index in [-0.39, 0.29) is 7.98 Å². The molecule has 128 valence electrons. The summed E-state index contributed by atoms with van der Waals surface area (Å²) < 4.78 is 1.30. The molecule has 0 aromatic carbocycles. The van der Waals surface area contributed by atoms with E-state index < -0.39 is 5.60 Å². The number of nitrogens with zero attached hydrogens (tertiary/aromatic N) is 2. The lowest BCUT2D eigenvalue weighted by atomic mass is 9.69. The molecule has 0 amide bonds. The summed E-state index contributed by atoms with van der Waals surface area (Å²) >= 11 is 7.33. The highest BCUT2D eigenvalue weighted by atomic mass is 32.1. The fourth-order valence-corrected chi connectivity index (χ4v) is 5.04. The molecule has 3 aliphatic heterocycles. The molecule has 1 N–H and O–H groups in total. The Bertz CT molecular complexity index is 581. The van der Waals surface area contributed by atoms with Gasteiger partial charge in [0.2, 0.25) is 0 Å². The van der Waals surface area contributed by atoms with Crippen LogP contribution < -0.4 is 0 Å². The third-order valence-electron chi connectivity index (χ3n) is 5.19. The highest BCUT2D eigenvalue weighted by Crippen LogP contribution is 2.41. The van der Waals surface area contributed by atoms with Gasteiger partial charge in [0.25, 0.3) is 0 Å². The third-order valence-corrected chi connectivity index (χ3v) is 6.41. The van der Waals surface area contributed by atoms with Crippen molar-refractivity contribution >= 4 is 36.4 Å². The van der Waals surface area contributed by atoms with Crippen LogP contribution in [-0.4, -0.2) is 52.6 Å². The minimum Gasteiger partial charge on any atom is -0.520 e. The van der Waals surface area contributed by atoms with E-state index >= 15 is 0 Å². The van der Waals surface area contributed by atoms with Gasteiger partial charge in [-0.15, -0.1) is 11.3 Å². The number of piperidine rings is 3. The van der Waals surface area contributed by atoms with Crippen molar-refractivity contribution in [3.8, 4) is 0 Å². The maximum absolute atomic E-state index is 11.2. The first kappa shape index (κ1) is 17.5. The number of quaternary nitrogens is 1. The molecule has 0 saturated carbocycles. The molecular weight excluding hydrogens is 323 g/mol. The zero-order valence-corrected chi connectivity index (χ0v) is 15.2. The SMILES string of the molecule is [BH3-][N+]12CCC(CC1)C(O)(CCC(=S)Cc1nc(C(C)C)cs1)C2. The molecule has 3 fully saturated rings. The smallest absolute Gasteiger partial charge is 0.169 e. The molecule has 0 aliphatic carbocycles. The Kier molecular flexibility index (Phi) is 4.99. The molecular formula is C17H29BN2OS2. The molecule has 3 aliphatic rings. The van der Waals surface area contributed by atoms with Crippen LogP contribution in [0, 0.1) is 5.92 Å². The van der Waals surface area contributed by atoms with Gasteiger partial charge in [0.1, 0.15) is 5.60 Å². The minimum absolute atomic E-state index is 0.255. The van der Waals surface area contributed by atoms with Crippen LogP contribution in [0.4, 0.5) is 0 Å². The number of hydrogen-bond donors (Lipinski definition) is 1. The van der Waals surface area contributed by atoms with E-state index in [2.05, 4.69) is 24.2 Å². The molecule has 1 aromatic rings. The summed E-state index contributed by atoms with van der Waals surface area (Å²) in [5.41, 5.74) is 0.740. The Morgan fingerprint density at radius 1 is 1.52 bits per heavy atom. The average Bonchev–Trinajstić information content (AvgIpc) is 2.94. The van der Waals surface area contributed by atoms with Gasteiger partial charge in [0.05, 0.1) is 17.2 Å². The summed E-state index contributed by atoms with van der Waals surface area (Å²) in [5, 5.41) is 14.5. The highest BCUT2D eigenvalue weighted by Gasteiger charge is 2.49. The van der Waals surface area contributed by atoms with Crippen LogP contribution in [0.1, 0.15) is 56.2 Å². The lowest BCUT2D eigenvalue weighted by Gasteiger charge is -2.60. The topological polar surface area (TPSA) is 33.1 Å². The first-order valence-electron chi connectivity index (χ1n) is 8.37. The molecule has 4 heterocycles. The summed E-state index contributed by atoms with van der Waals surface area (Å²) in [6, 6.07) is 0. The number of thiazole rings is 1. The van der Waals surface area contributed by atoms with E-state index in [0.717, 1.165) is 35.7 Å². The van der Waals surface area contributed by atoms with Gasteiger partial charge < -0.3 is 9.50 Å². The summed E-state index contributed by atoms with van der Waals surface area (Å²) in [7, 11) is 0.255. The van der Waals surface area contributed by atoms with Crippen LogP contribution in [0.2, 0.25) is 0 Å². The molecule has 6 heteroatoms. The van der Waals surface area contributed by atoms with Crippen molar-refractivity contribution in [2.75, 3.05) is 19.6 Å². The first-order valence-corrected chi connectivity index (χ1v) is 9.66. The first-order chi connectivity index (χ1) is 10.8. The second-order valence-corrected chi connectivity index (χ2v) is 8.71. The van der Waals surface area contributed by atoms with Gasteiger partial charge in [-0.05, 0) is 36.5 Å². The van der Waals surface area contributed by atoms with Crippen LogP contribution in [0.5, 0.6) is 0 Å². The van der Waals surface area contributed by atoms with E-state index in [1.54, 1.807) is 11.3 Å². The number of fused-ring (bicyclic) bond motifs is 3. The summed E-state index contributed by atoms with van der Waals surface area (Å²) in [6.07, 6.45) is 5.01. The molecule has 1 atom stereocenters. The average molecular weight is 352 g/mol. The van der Waals surface area contributed by atoms with Gasteiger partial charge in [-0.3, -0.25) is 0 Å². The molecule has 4 rings (SSSR count). The number of aliphatic hydroxyl groups is 1. The van der Waals surface area contributed by atoms with Crippen molar-refractivity contribution < 1.29 is 9.50 Å². The van der Waals surface area contributed by atoms with Gasteiger partial charge in [0.15, 0.2) is 7.98 Å². The Morgan fingerprint density at radius 2 is 2.22 bits per heavy atom. The third kappa shape index (κ3) is 3.86. The van der Waals surface area contributed by atoms with Crippen LogP contribution in [0.25, 0.3) is 0 Å². The lowest BCUT2D eigenvalue weighted by molar-refractivity contribution is -0.846. The second kappa shape index (κ2) is 6.55. The maximum atomic E-state index is 11.2. The van der Waals surface area contributed by atoms with Crippen molar-refractivity contribution in [1.82, 2.24) is 4.98 Å². The molecule has 0 radical (unpaired) electrons. The van der Waals surface area contributed by atoms with Gasteiger partial charge in [0, 0.05) is 30.8 Å². The number of thiocarbonyl (C=S) groups is 1. The summed E-state index contributed by atoms with van der Waals surface area (Å²) in [5.74, 6) is 1.01. The van der Waals surface area contributed by atoms with E-state index in [9.17, 15) is 5.11 Å². The largest absolute Gasteiger partial charge is 0.520 e. The van der Waals surface area contributed by atoms with Crippen molar-refractivity contribution in [2.45, 2.75) is 57.5 Å². The number of hydrogen-bond acceptors (Lipinski definition) is 4. The molecule has 0 spiro atoms. The van der Waals surface area contributed by atoms with Crippen LogP contribution in [0.15, 0.2) is 5.38 Å². The summed E-state index contributed by atoms with van der Waals surface area (Å²) in [6.45, 7) is 8.06. The quantitative estimate of drug-likeness (QED) is 0.630. The summed E-state index contributed by atoms with van der Waals surface area (Å²) in [4.78, 5) is 5.75. The normalized spacial score (nSPS) is 33.3. The minimum atomic E-state index is -0.436. The Morgan fingerprint density at radius 3 is 2.78 bits per heavy atom. The van der Waals surface area contributed by atoms with Gasteiger partial charge in [-0.1, -0.05) is 26.1 Å². The molecule has 23 heavy (non-hydrogen) atoms. The highest BCUT2D eigenvalue weighted by molar-refractivity contribution is 7.80. The van der Waals surface area contributed by atoms with Crippen molar-refractivity contribution in [1.29, 1.82) is 0 Å². The van der Waals surface area contributed by atoms with E-state index in [0.29, 0.717) is 11.8 Å². The fourth-order valence-electron chi connectivity index (χ4n) is 3.71. The molecule has 2 bridgehead atoms. The van der Waals surface area contributed by atoms with Crippen molar-refractivity contribution in [3.63, 3.8) is 0 Å². The standard InChI is InChI=1S/C17H29BN2OS2/c1-12(2)15-10-23-16(19-15)9-14(22)3-6-17(21)11-20(18)7-4-13(17)5-8-20/h10,12-13,21H,3-9,11H2,1-2,18H3. The predicted molar refractivity (Wildman–Crippen MR) is 104 cm³/mol. The monoisotopic (exact) mass is 352 g/mol. The van der Waals surface area contributed by atoms with E-state index in [1.807, 2.05) is 0 Å². The molecule has 1 unspecified atom stereocenters. The number of rotatable bonds is 6. The molecule has 3 nitrogen and oxygen atoms in total. The fraction of sp³-hybridized carbons (Fsp3) is 0.765. The lowest BCUT2D eigenvalue weighted by Crippen LogP contribution is -2.68. The molecule has 1 aromatic heterocycles. The maximum Gasteiger partial charge on any atom is 0.169 e. The van der Waals surface area contributed by atoms with Gasteiger partial charge in [-0.2, -0.15) is 0 Å². The zero-order valence-electron chi connectivity index (χ0n) is 13.5. The number of aromatic nitrogens is 1. The van der Waals surface area contributed by atoms with Gasteiger partial charge >= 0.3 is 0 Å². The van der Waals surface area contributed by atoms with E-state index in [1.165, 1.54) is 36.0 Å². The predicted octanol–water partition coefficient (Wildman–Crippen LogP) is 2.21. The van der Waals surface area contributed by atoms with Crippen molar-refractivity contribution in [3.05, 3.63) is 16.1 Å². The zero-order chi connectivity index (χ0) is 16.7. The molecule has 3 saturated heterocycles. The Labute approximate surface area is 150 Å². The Hall–Kier alpha value is -0.295. The van der Waals surface area contributed by atoms with Crippen molar-refractivity contribution in [2.24, 2.45) is 5.92 Å².